The number of hydrogen-bond donors (Lipinski definition) is 1. The quantitative estimate of drug-likeness (QED) is 0.880. The summed E-state index contributed by atoms with van der Waals surface area (Å²) in [5, 5.41) is 11.7. The van der Waals surface area contributed by atoms with Crippen LogP contribution in [-0.2, 0) is 6.54 Å². The molecule has 17 heavy (non-hydrogen) atoms. The molecular formula is C13H11FN2O. The second kappa shape index (κ2) is 4.71. The van der Waals surface area contributed by atoms with Crippen LogP contribution < -0.4 is 5.32 Å². The van der Waals surface area contributed by atoms with Gasteiger partial charge in [0.05, 0.1) is 18.2 Å². The van der Waals surface area contributed by atoms with Gasteiger partial charge < -0.3 is 9.73 Å². The summed E-state index contributed by atoms with van der Waals surface area (Å²) >= 11 is 0. The third-order valence-electron chi connectivity index (χ3n) is 2.29. The van der Waals surface area contributed by atoms with Gasteiger partial charge in [-0.25, -0.2) is 4.39 Å². The van der Waals surface area contributed by atoms with Crippen molar-refractivity contribution < 1.29 is 8.81 Å². The molecule has 1 aromatic carbocycles. The third kappa shape index (κ3) is 2.85. The van der Waals surface area contributed by atoms with Gasteiger partial charge in [-0.15, -0.1) is 0 Å². The molecule has 0 aliphatic rings. The number of benzene rings is 1. The molecule has 2 rings (SSSR count). The predicted octanol–water partition coefficient (Wildman–Crippen LogP) is 3.21. The van der Waals surface area contributed by atoms with Gasteiger partial charge in [-0.05, 0) is 37.3 Å². The minimum Gasteiger partial charge on any atom is -0.465 e. The predicted molar refractivity (Wildman–Crippen MR) is 61.9 cm³/mol. The van der Waals surface area contributed by atoms with E-state index in [0.717, 1.165) is 11.5 Å². The molecule has 0 aliphatic heterocycles. The Hall–Kier alpha value is -2.28. The molecule has 1 aromatic heterocycles. The highest BCUT2D eigenvalue weighted by Crippen LogP contribution is 2.15. The maximum Gasteiger partial charge on any atom is 0.126 e. The number of anilines is 1. The first-order valence-corrected chi connectivity index (χ1v) is 5.17. The van der Waals surface area contributed by atoms with Crippen LogP contribution in [0.15, 0.2) is 34.7 Å². The van der Waals surface area contributed by atoms with Crippen molar-refractivity contribution in [1.82, 2.24) is 0 Å². The molecule has 0 bridgehead atoms. The van der Waals surface area contributed by atoms with Crippen LogP contribution in [0, 0.1) is 24.1 Å². The molecule has 0 radical (unpaired) electrons. The van der Waals surface area contributed by atoms with E-state index in [9.17, 15) is 4.39 Å². The Labute approximate surface area is 98.5 Å². The average molecular weight is 230 g/mol. The molecule has 3 nitrogen and oxygen atoms in total. The summed E-state index contributed by atoms with van der Waals surface area (Å²) in [5.41, 5.74) is 0.860. The van der Waals surface area contributed by atoms with Gasteiger partial charge in [-0.3, -0.25) is 0 Å². The Morgan fingerprint density at radius 3 is 2.82 bits per heavy atom. The van der Waals surface area contributed by atoms with E-state index in [0.29, 0.717) is 17.8 Å². The maximum atomic E-state index is 13.1. The van der Waals surface area contributed by atoms with Crippen molar-refractivity contribution in [3.05, 3.63) is 53.2 Å². The Morgan fingerprint density at radius 2 is 2.18 bits per heavy atom. The fourth-order valence-electron chi connectivity index (χ4n) is 1.53. The summed E-state index contributed by atoms with van der Waals surface area (Å²) in [6.45, 7) is 2.32. The van der Waals surface area contributed by atoms with Gasteiger partial charge in [0.25, 0.3) is 0 Å². The lowest BCUT2D eigenvalue weighted by molar-refractivity contribution is 0.490. The average Bonchev–Trinajstić information content (AvgIpc) is 2.72. The molecular weight excluding hydrogens is 219 g/mol. The Bertz CT molecular complexity index is 569. The smallest absolute Gasteiger partial charge is 0.126 e. The molecule has 0 saturated heterocycles. The summed E-state index contributed by atoms with van der Waals surface area (Å²) in [6, 6.07) is 9.76. The molecule has 0 amide bonds. The third-order valence-corrected chi connectivity index (χ3v) is 2.29. The molecule has 2 aromatic rings. The molecule has 4 heteroatoms. The van der Waals surface area contributed by atoms with Crippen LogP contribution in [0.25, 0.3) is 0 Å². The van der Waals surface area contributed by atoms with E-state index in [1.165, 1.54) is 12.1 Å². The topological polar surface area (TPSA) is 49.0 Å². The number of nitrogens with one attached hydrogen (secondary N) is 1. The normalized spacial score (nSPS) is 9.94. The number of aryl methyl sites for hydroxylation is 1. The zero-order chi connectivity index (χ0) is 12.3. The van der Waals surface area contributed by atoms with Crippen molar-refractivity contribution in [2.75, 3.05) is 5.32 Å². The van der Waals surface area contributed by atoms with Crippen LogP contribution >= 0.6 is 0 Å². The Morgan fingerprint density at radius 1 is 1.35 bits per heavy atom. The standard InChI is InChI=1S/C13H11FN2O/c1-9-2-3-13(17-9)8-16-12-5-10(7-15)4-11(14)6-12/h2-6,16H,8H2,1H3. The summed E-state index contributed by atoms with van der Waals surface area (Å²) in [5.74, 6) is 1.17. The van der Waals surface area contributed by atoms with Gasteiger partial charge in [0.2, 0.25) is 0 Å². The van der Waals surface area contributed by atoms with E-state index in [4.69, 9.17) is 9.68 Å². The van der Waals surface area contributed by atoms with E-state index in [1.807, 2.05) is 25.1 Å². The number of hydrogen-bond acceptors (Lipinski definition) is 3. The van der Waals surface area contributed by atoms with Crippen LogP contribution in [0.4, 0.5) is 10.1 Å². The SMILES string of the molecule is Cc1ccc(CNc2cc(F)cc(C#N)c2)o1. The van der Waals surface area contributed by atoms with E-state index < -0.39 is 5.82 Å². The molecule has 0 atom stereocenters. The van der Waals surface area contributed by atoms with Crippen molar-refractivity contribution in [2.45, 2.75) is 13.5 Å². The molecule has 86 valence electrons. The number of nitrogens with zero attached hydrogens (tertiary/aromatic N) is 1. The molecule has 0 unspecified atom stereocenters. The van der Waals surface area contributed by atoms with Gasteiger partial charge in [-0.2, -0.15) is 5.26 Å². The molecule has 1 heterocycles. The van der Waals surface area contributed by atoms with E-state index >= 15 is 0 Å². The monoisotopic (exact) mass is 230 g/mol. The van der Waals surface area contributed by atoms with Crippen LogP contribution in [0.5, 0.6) is 0 Å². The van der Waals surface area contributed by atoms with E-state index in [-0.39, 0.29) is 0 Å². The maximum absolute atomic E-state index is 13.1. The lowest BCUT2D eigenvalue weighted by atomic mass is 10.2. The molecule has 0 spiro atoms. The minimum absolute atomic E-state index is 0.295. The van der Waals surface area contributed by atoms with Crippen molar-refractivity contribution in [3.8, 4) is 6.07 Å². The Balaban J connectivity index is 2.09. The first-order chi connectivity index (χ1) is 8.17. The van der Waals surface area contributed by atoms with Crippen LogP contribution in [-0.4, -0.2) is 0 Å². The first-order valence-electron chi connectivity index (χ1n) is 5.17. The molecule has 1 N–H and O–H groups in total. The molecule has 0 saturated carbocycles. The van der Waals surface area contributed by atoms with Gasteiger partial charge >= 0.3 is 0 Å². The highest BCUT2D eigenvalue weighted by Gasteiger charge is 2.02. The lowest BCUT2D eigenvalue weighted by Crippen LogP contribution is -1.99. The fraction of sp³-hybridized carbons (Fsp3) is 0.154. The van der Waals surface area contributed by atoms with Crippen molar-refractivity contribution in [3.63, 3.8) is 0 Å². The second-order valence-electron chi connectivity index (χ2n) is 3.71. The largest absolute Gasteiger partial charge is 0.465 e. The fourth-order valence-corrected chi connectivity index (χ4v) is 1.53. The lowest BCUT2D eigenvalue weighted by Gasteiger charge is -2.05. The van der Waals surface area contributed by atoms with Crippen LogP contribution in [0.3, 0.4) is 0 Å². The number of halogens is 1. The van der Waals surface area contributed by atoms with Gasteiger partial charge in [0.15, 0.2) is 0 Å². The minimum atomic E-state index is -0.429. The van der Waals surface area contributed by atoms with Gasteiger partial charge in [-0.1, -0.05) is 0 Å². The van der Waals surface area contributed by atoms with E-state index in [2.05, 4.69) is 5.32 Å². The van der Waals surface area contributed by atoms with Gasteiger partial charge in [0.1, 0.15) is 17.3 Å². The van der Waals surface area contributed by atoms with Crippen molar-refractivity contribution >= 4 is 5.69 Å². The van der Waals surface area contributed by atoms with Crippen LogP contribution in [0.1, 0.15) is 17.1 Å². The molecule has 0 aliphatic carbocycles. The second-order valence-corrected chi connectivity index (χ2v) is 3.71. The van der Waals surface area contributed by atoms with Crippen molar-refractivity contribution in [2.24, 2.45) is 0 Å². The zero-order valence-electron chi connectivity index (χ0n) is 9.33. The summed E-state index contributed by atoms with van der Waals surface area (Å²) in [6.07, 6.45) is 0. The van der Waals surface area contributed by atoms with E-state index in [1.54, 1.807) is 6.07 Å². The Kier molecular flexibility index (Phi) is 3.10. The highest BCUT2D eigenvalue weighted by atomic mass is 19.1. The number of rotatable bonds is 3. The summed E-state index contributed by atoms with van der Waals surface area (Å²) < 4.78 is 18.5. The molecule has 0 fully saturated rings. The number of nitriles is 1. The van der Waals surface area contributed by atoms with Gasteiger partial charge in [0, 0.05) is 5.69 Å². The zero-order valence-corrected chi connectivity index (χ0v) is 9.33. The van der Waals surface area contributed by atoms with Crippen LogP contribution in [0.2, 0.25) is 0 Å². The highest BCUT2D eigenvalue weighted by molar-refractivity contribution is 5.49. The first kappa shape index (κ1) is 11.2. The number of furan rings is 1. The summed E-state index contributed by atoms with van der Waals surface area (Å²) in [7, 11) is 0. The summed E-state index contributed by atoms with van der Waals surface area (Å²) in [4.78, 5) is 0. The van der Waals surface area contributed by atoms with Crippen molar-refractivity contribution in [1.29, 1.82) is 5.26 Å².